The fraction of sp³-hybridized carbons (Fsp3) is 0.300. The topological polar surface area (TPSA) is 77.8 Å². The third kappa shape index (κ3) is 2.70. The molecular formula is C10H11BrO4. The summed E-state index contributed by atoms with van der Waals surface area (Å²) in [6.45, 7) is 1.19. The highest BCUT2D eigenvalue weighted by atomic mass is 79.9. The average Bonchev–Trinajstić information content (AvgIpc) is 2.12. The van der Waals surface area contributed by atoms with Gasteiger partial charge in [0.15, 0.2) is 5.60 Å². The number of benzene rings is 1. The third-order valence-corrected chi connectivity index (χ3v) is 2.71. The molecule has 0 amide bonds. The number of rotatable bonds is 3. The predicted octanol–water partition coefficient (Wildman–Crippen LogP) is 1.53. The van der Waals surface area contributed by atoms with Crippen LogP contribution in [0, 0.1) is 0 Å². The molecule has 0 radical (unpaired) electrons. The lowest BCUT2D eigenvalue weighted by atomic mass is 9.96. The zero-order chi connectivity index (χ0) is 11.6. The quantitative estimate of drug-likeness (QED) is 0.781. The Morgan fingerprint density at radius 2 is 2.13 bits per heavy atom. The molecule has 82 valence electrons. The fourth-order valence-electron chi connectivity index (χ4n) is 1.15. The van der Waals surface area contributed by atoms with Crippen molar-refractivity contribution in [3.8, 4) is 5.75 Å². The number of carbonyl (C=O) groups is 1. The maximum atomic E-state index is 10.7. The summed E-state index contributed by atoms with van der Waals surface area (Å²) in [5, 5.41) is 27.8. The van der Waals surface area contributed by atoms with Gasteiger partial charge in [-0.15, -0.1) is 0 Å². The number of para-hydroxylation sites is 1. The van der Waals surface area contributed by atoms with Crippen LogP contribution in [0.15, 0.2) is 22.7 Å². The molecule has 3 N–H and O–H groups in total. The van der Waals surface area contributed by atoms with Crippen LogP contribution in [0.1, 0.15) is 12.5 Å². The van der Waals surface area contributed by atoms with Crippen LogP contribution in [0.25, 0.3) is 0 Å². The number of phenols is 1. The lowest BCUT2D eigenvalue weighted by molar-refractivity contribution is -0.156. The number of aromatic hydroxyl groups is 1. The Kier molecular flexibility index (Phi) is 3.36. The summed E-state index contributed by atoms with van der Waals surface area (Å²) in [6, 6.07) is 4.86. The lowest BCUT2D eigenvalue weighted by Gasteiger charge is -2.18. The van der Waals surface area contributed by atoms with Gasteiger partial charge in [0.25, 0.3) is 0 Å². The predicted molar refractivity (Wildman–Crippen MR) is 57.8 cm³/mol. The van der Waals surface area contributed by atoms with E-state index in [9.17, 15) is 15.0 Å². The van der Waals surface area contributed by atoms with Crippen LogP contribution in [0.2, 0.25) is 0 Å². The molecule has 0 fully saturated rings. The highest BCUT2D eigenvalue weighted by Crippen LogP contribution is 2.29. The van der Waals surface area contributed by atoms with Crippen molar-refractivity contribution in [2.24, 2.45) is 0 Å². The van der Waals surface area contributed by atoms with Crippen LogP contribution in [0.5, 0.6) is 5.75 Å². The number of carboxylic acid groups (broad SMARTS) is 1. The molecule has 5 heteroatoms. The van der Waals surface area contributed by atoms with E-state index in [1.165, 1.54) is 6.92 Å². The van der Waals surface area contributed by atoms with E-state index in [-0.39, 0.29) is 12.2 Å². The molecule has 0 spiro atoms. The van der Waals surface area contributed by atoms with Crippen molar-refractivity contribution in [3.05, 3.63) is 28.2 Å². The molecule has 4 nitrogen and oxygen atoms in total. The summed E-state index contributed by atoms with van der Waals surface area (Å²) < 4.78 is 0.473. The van der Waals surface area contributed by atoms with Crippen LogP contribution in [0.4, 0.5) is 0 Å². The number of aliphatic hydroxyl groups is 1. The van der Waals surface area contributed by atoms with Gasteiger partial charge in [0.2, 0.25) is 0 Å². The maximum Gasteiger partial charge on any atom is 0.335 e. The van der Waals surface area contributed by atoms with Crippen LogP contribution in [-0.4, -0.2) is 26.9 Å². The van der Waals surface area contributed by atoms with Gasteiger partial charge in [0.1, 0.15) is 5.75 Å². The normalized spacial score (nSPS) is 14.6. The number of phenolic OH excluding ortho intramolecular Hbond substituents is 1. The maximum absolute atomic E-state index is 10.7. The largest absolute Gasteiger partial charge is 0.506 e. The van der Waals surface area contributed by atoms with Crippen LogP contribution in [-0.2, 0) is 11.2 Å². The number of halogens is 1. The van der Waals surface area contributed by atoms with E-state index in [1.54, 1.807) is 18.2 Å². The molecule has 0 saturated carbocycles. The molecule has 1 aromatic carbocycles. The molecule has 0 aliphatic carbocycles. The van der Waals surface area contributed by atoms with Gasteiger partial charge in [-0.3, -0.25) is 0 Å². The van der Waals surface area contributed by atoms with Gasteiger partial charge in [0.05, 0.1) is 4.47 Å². The van der Waals surface area contributed by atoms with Crippen LogP contribution < -0.4 is 0 Å². The summed E-state index contributed by atoms with van der Waals surface area (Å²) in [7, 11) is 0. The molecule has 0 aliphatic heterocycles. The Balaban J connectivity index is 3.00. The molecule has 0 aliphatic rings. The highest BCUT2D eigenvalue weighted by Gasteiger charge is 2.31. The summed E-state index contributed by atoms with van der Waals surface area (Å²) in [6.07, 6.45) is -0.145. The average molecular weight is 275 g/mol. The van der Waals surface area contributed by atoms with E-state index in [4.69, 9.17) is 5.11 Å². The van der Waals surface area contributed by atoms with Gasteiger partial charge in [-0.05, 0) is 34.5 Å². The first kappa shape index (κ1) is 12.0. The van der Waals surface area contributed by atoms with Gasteiger partial charge in [0, 0.05) is 6.42 Å². The smallest absolute Gasteiger partial charge is 0.335 e. The molecule has 0 saturated heterocycles. The molecule has 15 heavy (non-hydrogen) atoms. The number of carboxylic acids is 1. The van der Waals surface area contributed by atoms with E-state index in [1.807, 2.05) is 0 Å². The van der Waals surface area contributed by atoms with Crippen molar-refractivity contribution in [1.29, 1.82) is 0 Å². The first-order valence-electron chi connectivity index (χ1n) is 4.27. The van der Waals surface area contributed by atoms with Crippen molar-refractivity contribution in [1.82, 2.24) is 0 Å². The minimum Gasteiger partial charge on any atom is -0.506 e. The van der Waals surface area contributed by atoms with E-state index in [2.05, 4.69) is 15.9 Å². The lowest BCUT2D eigenvalue weighted by Crippen LogP contribution is -2.37. The summed E-state index contributed by atoms with van der Waals surface area (Å²) in [5.74, 6) is -1.36. The van der Waals surface area contributed by atoms with Crippen molar-refractivity contribution in [2.75, 3.05) is 0 Å². The molecule has 0 bridgehead atoms. The molecule has 0 heterocycles. The monoisotopic (exact) mass is 274 g/mol. The molecule has 1 atom stereocenters. The molecule has 1 rings (SSSR count). The molecule has 1 aromatic rings. The van der Waals surface area contributed by atoms with Crippen LogP contribution in [0.3, 0.4) is 0 Å². The second-order valence-corrected chi connectivity index (χ2v) is 4.36. The van der Waals surface area contributed by atoms with Crippen LogP contribution >= 0.6 is 15.9 Å². The SMILES string of the molecule is CC(O)(Cc1cccc(Br)c1O)C(=O)O. The summed E-state index contributed by atoms with van der Waals surface area (Å²) in [4.78, 5) is 10.7. The number of hydrogen-bond donors (Lipinski definition) is 3. The number of aliphatic carboxylic acids is 1. The van der Waals surface area contributed by atoms with E-state index in [0.29, 0.717) is 10.0 Å². The Hall–Kier alpha value is -1.07. The minimum absolute atomic E-state index is 0.0426. The van der Waals surface area contributed by atoms with Gasteiger partial charge in [-0.2, -0.15) is 0 Å². The third-order valence-electron chi connectivity index (χ3n) is 2.07. The second kappa shape index (κ2) is 4.20. The highest BCUT2D eigenvalue weighted by molar-refractivity contribution is 9.10. The van der Waals surface area contributed by atoms with Crippen molar-refractivity contribution in [3.63, 3.8) is 0 Å². The standard InChI is InChI=1S/C10H11BrO4/c1-10(15,9(13)14)5-6-3-2-4-7(11)8(6)12/h2-4,12,15H,5H2,1H3,(H,13,14). The van der Waals surface area contributed by atoms with Gasteiger partial charge < -0.3 is 15.3 Å². The Morgan fingerprint density at radius 3 is 2.67 bits per heavy atom. The first-order valence-corrected chi connectivity index (χ1v) is 5.06. The Labute approximate surface area is 95.3 Å². The van der Waals surface area contributed by atoms with Crippen molar-refractivity contribution in [2.45, 2.75) is 18.9 Å². The van der Waals surface area contributed by atoms with E-state index >= 15 is 0 Å². The minimum atomic E-state index is -1.88. The van der Waals surface area contributed by atoms with Crippen molar-refractivity contribution >= 4 is 21.9 Å². The van der Waals surface area contributed by atoms with Crippen molar-refractivity contribution < 1.29 is 20.1 Å². The first-order chi connectivity index (χ1) is 6.84. The van der Waals surface area contributed by atoms with Gasteiger partial charge >= 0.3 is 5.97 Å². The van der Waals surface area contributed by atoms with Gasteiger partial charge in [-0.1, -0.05) is 12.1 Å². The summed E-state index contributed by atoms with van der Waals surface area (Å²) in [5.41, 5.74) is -1.49. The van der Waals surface area contributed by atoms with E-state index in [0.717, 1.165) is 0 Å². The van der Waals surface area contributed by atoms with Gasteiger partial charge in [-0.25, -0.2) is 4.79 Å². The zero-order valence-electron chi connectivity index (χ0n) is 8.07. The Morgan fingerprint density at radius 1 is 1.53 bits per heavy atom. The zero-order valence-corrected chi connectivity index (χ0v) is 9.65. The number of hydrogen-bond acceptors (Lipinski definition) is 3. The van der Waals surface area contributed by atoms with E-state index < -0.39 is 11.6 Å². The molecular weight excluding hydrogens is 264 g/mol. The Bertz CT molecular complexity index is 387. The second-order valence-electron chi connectivity index (χ2n) is 3.50. The molecule has 0 aromatic heterocycles. The molecule has 1 unspecified atom stereocenters. The fourth-order valence-corrected chi connectivity index (χ4v) is 1.56. The summed E-state index contributed by atoms with van der Waals surface area (Å²) >= 11 is 3.11.